The van der Waals surface area contributed by atoms with E-state index in [9.17, 15) is 18.0 Å². The number of amides is 2. The van der Waals surface area contributed by atoms with Crippen LogP contribution in [0.5, 0.6) is 0 Å². The van der Waals surface area contributed by atoms with Crippen molar-refractivity contribution < 1.29 is 18.0 Å². The van der Waals surface area contributed by atoms with E-state index < -0.39 is 15.9 Å². The van der Waals surface area contributed by atoms with Crippen LogP contribution < -0.4 is 9.73 Å². The molecule has 1 aliphatic heterocycles. The number of anilines is 1. The van der Waals surface area contributed by atoms with E-state index in [1.165, 1.54) is 0 Å². The number of sulfonamides is 1. The quantitative estimate of drug-likeness (QED) is 0.892. The standard InChI is InChI=1S/C13H14ClN3O4S/c1-8-3-4-9(7-10(8)14)17-12(18)6-5-11(15-17)13(19)16-22(2,20)21/h3-4,7H,5-6H2,1-2H3,(H,16,19). The van der Waals surface area contributed by atoms with Crippen molar-refractivity contribution in [3.05, 3.63) is 28.8 Å². The van der Waals surface area contributed by atoms with Crippen LogP contribution in [0.1, 0.15) is 18.4 Å². The number of hydrogen-bond acceptors (Lipinski definition) is 5. The molecule has 0 aliphatic carbocycles. The molecule has 9 heteroatoms. The molecule has 0 saturated heterocycles. The first kappa shape index (κ1) is 16.4. The fourth-order valence-corrected chi connectivity index (χ4v) is 2.49. The van der Waals surface area contributed by atoms with Crippen molar-refractivity contribution in [2.24, 2.45) is 5.10 Å². The van der Waals surface area contributed by atoms with E-state index in [2.05, 4.69) is 5.10 Å². The molecule has 0 saturated carbocycles. The maximum absolute atomic E-state index is 12.0. The molecule has 0 fully saturated rings. The van der Waals surface area contributed by atoms with Crippen molar-refractivity contribution in [1.82, 2.24) is 4.72 Å². The minimum atomic E-state index is -3.69. The lowest BCUT2D eigenvalue weighted by Crippen LogP contribution is -2.40. The van der Waals surface area contributed by atoms with Crippen LogP contribution >= 0.6 is 11.6 Å². The van der Waals surface area contributed by atoms with Crippen molar-refractivity contribution >= 4 is 44.8 Å². The van der Waals surface area contributed by atoms with Gasteiger partial charge in [-0.3, -0.25) is 9.59 Å². The molecule has 1 heterocycles. The second-order valence-electron chi connectivity index (χ2n) is 4.89. The van der Waals surface area contributed by atoms with E-state index >= 15 is 0 Å². The van der Waals surface area contributed by atoms with Crippen LogP contribution in [0, 0.1) is 6.92 Å². The average molecular weight is 344 g/mol. The molecule has 1 aromatic rings. The van der Waals surface area contributed by atoms with Gasteiger partial charge in [-0.25, -0.2) is 18.1 Å². The highest BCUT2D eigenvalue weighted by Gasteiger charge is 2.27. The largest absolute Gasteiger partial charge is 0.280 e. The van der Waals surface area contributed by atoms with Crippen LogP contribution in [0.25, 0.3) is 0 Å². The van der Waals surface area contributed by atoms with Crippen LogP contribution in [-0.2, 0) is 19.6 Å². The Morgan fingerprint density at radius 1 is 1.36 bits per heavy atom. The third-order valence-electron chi connectivity index (χ3n) is 2.97. The van der Waals surface area contributed by atoms with Gasteiger partial charge in [0.15, 0.2) is 0 Å². The van der Waals surface area contributed by atoms with E-state index in [1.807, 2.05) is 11.6 Å². The summed E-state index contributed by atoms with van der Waals surface area (Å²) in [6.45, 7) is 1.82. The van der Waals surface area contributed by atoms with Crippen LogP contribution in [0.15, 0.2) is 23.3 Å². The highest BCUT2D eigenvalue weighted by molar-refractivity contribution is 7.89. The number of benzene rings is 1. The SMILES string of the molecule is Cc1ccc(N2N=C(C(=O)NS(C)(=O)=O)CCC2=O)cc1Cl. The summed E-state index contributed by atoms with van der Waals surface area (Å²) in [4.78, 5) is 23.8. The fourth-order valence-electron chi connectivity index (χ4n) is 1.86. The maximum atomic E-state index is 12.0. The first-order valence-electron chi connectivity index (χ1n) is 6.36. The number of halogens is 1. The first-order valence-corrected chi connectivity index (χ1v) is 8.63. The molecular formula is C13H14ClN3O4S. The maximum Gasteiger partial charge on any atom is 0.280 e. The molecule has 0 bridgehead atoms. The van der Waals surface area contributed by atoms with E-state index in [0.29, 0.717) is 10.7 Å². The Hall–Kier alpha value is -1.93. The molecule has 2 rings (SSSR count). The summed E-state index contributed by atoms with van der Waals surface area (Å²) < 4.78 is 24.0. The van der Waals surface area contributed by atoms with E-state index in [-0.39, 0.29) is 24.5 Å². The molecule has 22 heavy (non-hydrogen) atoms. The Morgan fingerprint density at radius 3 is 2.64 bits per heavy atom. The number of aryl methyl sites for hydroxylation is 1. The summed E-state index contributed by atoms with van der Waals surface area (Å²) in [6.07, 6.45) is 1.01. The number of carbonyl (C=O) groups is 2. The zero-order valence-electron chi connectivity index (χ0n) is 12.0. The molecule has 0 atom stereocenters. The lowest BCUT2D eigenvalue weighted by atomic mass is 10.1. The molecule has 0 aromatic heterocycles. The highest BCUT2D eigenvalue weighted by Crippen LogP contribution is 2.26. The fraction of sp³-hybridized carbons (Fsp3) is 0.308. The van der Waals surface area contributed by atoms with Crippen molar-refractivity contribution in [1.29, 1.82) is 0 Å². The molecule has 0 unspecified atom stereocenters. The Bertz CT molecular complexity index is 773. The number of hydrogen-bond donors (Lipinski definition) is 1. The molecule has 0 radical (unpaired) electrons. The molecule has 1 N–H and O–H groups in total. The van der Waals surface area contributed by atoms with Crippen LogP contribution in [0.3, 0.4) is 0 Å². The van der Waals surface area contributed by atoms with Gasteiger partial charge in [-0.2, -0.15) is 5.10 Å². The Morgan fingerprint density at radius 2 is 2.05 bits per heavy atom. The van der Waals surface area contributed by atoms with Gasteiger partial charge >= 0.3 is 0 Å². The lowest BCUT2D eigenvalue weighted by Gasteiger charge is -2.23. The first-order chi connectivity index (χ1) is 10.2. The number of nitrogens with zero attached hydrogens (tertiary/aromatic N) is 2. The summed E-state index contributed by atoms with van der Waals surface area (Å²) in [7, 11) is -3.69. The molecule has 1 aromatic carbocycles. The van der Waals surface area contributed by atoms with Crippen molar-refractivity contribution in [3.8, 4) is 0 Å². The van der Waals surface area contributed by atoms with Gasteiger partial charge in [0.1, 0.15) is 5.71 Å². The smallest absolute Gasteiger partial charge is 0.273 e. The Kier molecular flexibility index (Phi) is 4.52. The number of hydrazone groups is 1. The second-order valence-corrected chi connectivity index (χ2v) is 7.04. The summed E-state index contributed by atoms with van der Waals surface area (Å²) in [5.74, 6) is -1.13. The Balaban J connectivity index is 2.33. The van der Waals surface area contributed by atoms with Crippen LogP contribution in [-0.4, -0.2) is 32.2 Å². The zero-order valence-corrected chi connectivity index (χ0v) is 13.5. The van der Waals surface area contributed by atoms with Crippen molar-refractivity contribution in [3.63, 3.8) is 0 Å². The average Bonchev–Trinajstić information content (AvgIpc) is 2.40. The minimum Gasteiger partial charge on any atom is -0.273 e. The molecule has 1 aliphatic rings. The molecule has 118 valence electrons. The molecule has 7 nitrogen and oxygen atoms in total. The summed E-state index contributed by atoms with van der Waals surface area (Å²) in [6, 6.07) is 4.95. The number of nitrogens with one attached hydrogen (secondary N) is 1. The van der Waals surface area contributed by atoms with Crippen molar-refractivity contribution in [2.75, 3.05) is 11.3 Å². The van der Waals surface area contributed by atoms with Gasteiger partial charge in [0.25, 0.3) is 5.91 Å². The van der Waals surface area contributed by atoms with E-state index in [1.54, 1.807) is 18.2 Å². The predicted molar refractivity (Wildman–Crippen MR) is 83.3 cm³/mol. The zero-order chi connectivity index (χ0) is 16.5. The van der Waals surface area contributed by atoms with Gasteiger partial charge in [-0.05, 0) is 24.6 Å². The summed E-state index contributed by atoms with van der Waals surface area (Å²) in [5, 5.41) is 5.48. The molecule has 2 amide bonds. The van der Waals surface area contributed by atoms with Crippen LogP contribution in [0.4, 0.5) is 5.69 Å². The third-order valence-corrected chi connectivity index (χ3v) is 3.94. The predicted octanol–water partition coefficient (Wildman–Crippen LogP) is 1.21. The van der Waals surface area contributed by atoms with Gasteiger partial charge in [0.05, 0.1) is 11.9 Å². The van der Waals surface area contributed by atoms with Gasteiger partial charge in [-0.1, -0.05) is 17.7 Å². The van der Waals surface area contributed by atoms with Gasteiger partial charge < -0.3 is 0 Å². The van der Waals surface area contributed by atoms with Gasteiger partial charge in [0, 0.05) is 17.9 Å². The number of rotatable bonds is 3. The third kappa shape index (κ3) is 3.83. The van der Waals surface area contributed by atoms with Crippen molar-refractivity contribution in [2.45, 2.75) is 19.8 Å². The van der Waals surface area contributed by atoms with Crippen LogP contribution in [0.2, 0.25) is 5.02 Å². The van der Waals surface area contributed by atoms with Gasteiger partial charge in [0.2, 0.25) is 15.9 Å². The Labute approximate surface area is 133 Å². The number of carbonyl (C=O) groups excluding carboxylic acids is 2. The van der Waals surface area contributed by atoms with E-state index in [4.69, 9.17) is 11.6 Å². The highest BCUT2D eigenvalue weighted by atomic mass is 35.5. The van der Waals surface area contributed by atoms with Gasteiger partial charge in [-0.15, -0.1) is 0 Å². The summed E-state index contributed by atoms with van der Waals surface area (Å²) in [5.41, 5.74) is 1.24. The summed E-state index contributed by atoms with van der Waals surface area (Å²) >= 11 is 6.02. The molecular weight excluding hydrogens is 330 g/mol. The van der Waals surface area contributed by atoms with E-state index in [0.717, 1.165) is 16.8 Å². The molecule has 0 spiro atoms. The topological polar surface area (TPSA) is 95.9 Å². The minimum absolute atomic E-state index is 0.0262. The lowest BCUT2D eigenvalue weighted by molar-refractivity contribution is -0.118. The monoisotopic (exact) mass is 343 g/mol. The normalized spacial score (nSPS) is 15.5. The second kappa shape index (κ2) is 6.05.